The molecule has 184 valence electrons. The van der Waals surface area contributed by atoms with Gasteiger partial charge in [-0.05, 0) is 24.6 Å². The molecule has 0 unspecified atom stereocenters. The minimum absolute atomic E-state index is 0.135. The Morgan fingerprint density at radius 1 is 1.29 bits per heavy atom. The van der Waals surface area contributed by atoms with Gasteiger partial charge < -0.3 is 15.2 Å². The molecule has 2 N–H and O–H groups in total. The van der Waals surface area contributed by atoms with Crippen molar-refractivity contribution in [3.8, 4) is 5.88 Å². The van der Waals surface area contributed by atoms with Gasteiger partial charge in [0.25, 0.3) is 18.4 Å². The van der Waals surface area contributed by atoms with E-state index >= 15 is 4.39 Å². The highest BCUT2D eigenvalue weighted by atomic mass is 19.3. The summed E-state index contributed by atoms with van der Waals surface area (Å²) in [6, 6.07) is 2.59. The minimum Gasteiger partial charge on any atom is -0.470 e. The predicted octanol–water partition coefficient (Wildman–Crippen LogP) is 3.61. The molecule has 1 aliphatic heterocycles. The summed E-state index contributed by atoms with van der Waals surface area (Å²) in [5.41, 5.74) is 2.99. The van der Waals surface area contributed by atoms with Gasteiger partial charge in [0.05, 0.1) is 12.4 Å². The zero-order valence-corrected chi connectivity index (χ0v) is 17.9. The molecule has 1 aromatic carbocycles. The average Bonchev–Trinajstić information content (AvgIpc) is 2.75. The molecule has 0 bridgehead atoms. The molecule has 1 aliphatic rings. The molecule has 0 fully saturated rings. The fourth-order valence-corrected chi connectivity index (χ4v) is 3.40. The minimum atomic E-state index is -3.64. The molecule has 0 aliphatic carbocycles. The number of nitrogens with two attached hydrogens (primary N) is 1. The number of benzene rings is 1. The van der Waals surface area contributed by atoms with Crippen LogP contribution in [0.25, 0.3) is 0 Å². The topological polar surface area (TPSA) is 99.7 Å². The fraction of sp³-hybridized carbons (Fsp3) is 0.429. The lowest BCUT2D eigenvalue weighted by atomic mass is 9.81. The Kier molecular flexibility index (Phi) is 7.03. The molecule has 0 radical (unpaired) electrons. The maximum atomic E-state index is 15.2. The molecule has 3 rings (SSSR count). The van der Waals surface area contributed by atoms with Crippen molar-refractivity contribution in [2.75, 3.05) is 6.61 Å². The van der Waals surface area contributed by atoms with Gasteiger partial charge in [-0.25, -0.2) is 41.3 Å². The summed E-state index contributed by atoms with van der Waals surface area (Å²) < 4.78 is 91.3. The maximum absolute atomic E-state index is 15.2. The predicted molar refractivity (Wildman–Crippen MR) is 107 cm³/mol. The van der Waals surface area contributed by atoms with Gasteiger partial charge in [0.2, 0.25) is 5.88 Å². The van der Waals surface area contributed by atoms with Crippen LogP contribution in [-0.4, -0.2) is 53.0 Å². The van der Waals surface area contributed by atoms with Gasteiger partial charge in [-0.1, -0.05) is 6.07 Å². The molecule has 2 aromatic rings. The van der Waals surface area contributed by atoms with Crippen LogP contribution in [0, 0.1) is 5.82 Å². The van der Waals surface area contributed by atoms with Crippen LogP contribution in [-0.2, 0) is 16.7 Å². The highest BCUT2D eigenvalue weighted by Gasteiger charge is 2.55. The van der Waals surface area contributed by atoms with Crippen LogP contribution < -0.4 is 10.5 Å². The largest absolute Gasteiger partial charge is 0.470 e. The summed E-state index contributed by atoms with van der Waals surface area (Å²) >= 11 is 0. The number of carbonyl (C=O) groups is 1. The first-order chi connectivity index (χ1) is 15.8. The molecule has 7 nitrogen and oxygen atoms in total. The van der Waals surface area contributed by atoms with E-state index in [9.17, 15) is 26.7 Å². The van der Waals surface area contributed by atoms with Crippen LogP contribution in [0.2, 0.25) is 0 Å². The van der Waals surface area contributed by atoms with Crippen molar-refractivity contribution in [1.82, 2.24) is 9.97 Å². The standard InChI is InChI=1S/C21H20F6N4O3/c1-20(17(25)18(21(2,26)27)34-19(28)31-20)11-5-10(3-4-12(11)22)6-14(32)13-7-30-16(8-29-13)33-9-15(23)24/h3-5,7-8,15,17-18H,6,9H2,1-2H3,(H2,28,31)/t17-,18-,20+/m0/s1. The van der Waals surface area contributed by atoms with Gasteiger partial charge in [-0.2, -0.15) is 0 Å². The molecule has 0 saturated heterocycles. The molecular weight excluding hydrogens is 470 g/mol. The lowest BCUT2D eigenvalue weighted by Crippen LogP contribution is -2.55. The number of hydrogen-bond donors (Lipinski definition) is 1. The van der Waals surface area contributed by atoms with Gasteiger partial charge in [-0.3, -0.25) is 4.79 Å². The zero-order valence-electron chi connectivity index (χ0n) is 17.9. The van der Waals surface area contributed by atoms with Crippen LogP contribution in [0.5, 0.6) is 5.88 Å². The second-order valence-electron chi connectivity index (χ2n) is 7.85. The first kappa shape index (κ1) is 25.2. The van der Waals surface area contributed by atoms with Gasteiger partial charge in [-0.15, -0.1) is 0 Å². The monoisotopic (exact) mass is 490 g/mol. The van der Waals surface area contributed by atoms with Crippen LogP contribution in [0.15, 0.2) is 35.6 Å². The van der Waals surface area contributed by atoms with Gasteiger partial charge in [0.1, 0.15) is 17.1 Å². The quantitative estimate of drug-likeness (QED) is 0.449. The Morgan fingerprint density at radius 3 is 2.59 bits per heavy atom. The molecule has 34 heavy (non-hydrogen) atoms. The Hall–Kier alpha value is -3.38. The second kappa shape index (κ2) is 9.47. The SMILES string of the molecule is CC(F)(F)[C@H]1OC(N)=N[C@](C)(c2cc(CC(=O)c3cnc(OCC(F)F)cn3)ccc2F)[C@H]1F. The van der Waals surface area contributed by atoms with Gasteiger partial charge >= 0.3 is 0 Å². The van der Waals surface area contributed by atoms with Crippen LogP contribution in [0.1, 0.15) is 35.5 Å². The summed E-state index contributed by atoms with van der Waals surface area (Å²) in [4.78, 5) is 23.8. The maximum Gasteiger partial charge on any atom is 0.284 e. The molecule has 0 amide bonds. The summed E-state index contributed by atoms with van der Waals surface area (Å²) in [5, 5.41) is 0. The number of aromatic nitrogens is 2. The molecular formula is C21H20F6N4O3. The number of aliphatic imine (C=N–C) groups is 1. The number of carbonyl (C=O) groups excluding carboxylic acids is 1. The number of hydrogen-bond acceptors (Lipinski definition) is 7. The number of alkyl halides is 5. The molecule has 1 aromatic heterocycles. The van der Waals surface area contributed by atoms with Crippen LogP contribution in [0.3, 0.4) is 0 Å². The molecule has 0 saturated carbocycles. The van der Waals surface area contributed by atoms with Crippen LogP contribution >= 0.6 is 0 Å². The van der Waals surface area contributed by atoms with Crippen molar-refractivity contribution in [2.24, 2.45) is 10.7 Å². The van der Waals surface area contributed by atoms with E-state index in [0.717, 1.165) is 31.5 Å². The first-order valence-corrected chi connectivity index (χ1v) is 9.90. The van der Waals surface area contributed by atoms with Crippen molar-refractivity contribution < 1.29 is 40.6 Å². The van der Waals surface area contributed by atoms with E-state index in [0.29, 0.717) is 6.92 Å². The summed E-state index contributed by atoms with van der Waals surface area (Å²) in [6.07, 6.45) is -5.81. The number of amidine groups is 1. The van der Waals surface area contributed by atoms with Crippen LogP contribution in [0.4, 0.5) is 26.3 Å². The summed E-state index contributed by atoms with van der Waals surface area (Å²) in [6.45, 7) is 0.649. The third kappa shape index (κ3) is 5.39. The number of nitrogens with zero attached hydrogens (tertiary/aromatic N) is 3. The molecule has 3 atom stereocenters. The lowest BCUT2D eigenvalue weighted by Gasteiger charge is -2.40. The molecule has 13 heteroatoms. The third-order valence-corrected chi connectivity index (χ3v) is 5.10. The Labute approximate surface area is 190 Å². The zero-order chi connectivity index (χ0) is 25.3. The third-order valence-electron chi connectivity index (χ3n) is 5.10. The van der Waals surface area contributed by atoms with Crippen molar-refractivity contribution in [3.63, 3.8) is 0 Å². The molecule has 0 spiro atoms. The highest BCUT2D eigenvalue weighted by Crippen LogP contribution is 2.42. The van der Waals surface area contributed by atoms with Gasteiger partial charge in [0.15, 0.2) is 24.7 Å². The van der Waals surface area contributed by atoms with E-state index < -0.39 is 60.0 Å². The van der Waals surface area contributed by atoms with Crippen molar-refractivity contribution in [3.05, 3.63) is 53.2 Å². The highest BCUT2D eigenvalue weighted by molar-refractivity contribution is 5.95. The van der Waals surface area contributed by atoms with Crippen molar-refractivity contribution in [1.29, 1.82) is 0 Å². The van der Waals surface area contributed by atoms with E-state index in [2.05, 4.69) is 24.4 Å². The number of rotatable bonds is 8. The van der Waals surface area contributed by atoms with E-state index in [1.165, 1.54) is 6.07 Å². The van der Waals surface area contributed by atoms with Crippen molar-refractivity contribution >= 4 is 11.8 Å². The average molecular weight is 490 g/mol. The fourth-order valence-electron chi connectivity index (χ4n) is 3.40. The van der Waals surface area contributed by atoms with E-state index in [1.807, 2.05) is 0 Å². The van der Waals surface area contributed by atoms with E-state index in [1.54, 1.807) is 0 Å². The Morgan fingerprint density at radius 2 is 2.00 bits per heavy atom. The van der Waals surface area contributed by atoms with E-state index in [-0.39, 0.29) is 23.6 Å². The van der Waals surface area contributed by atoms with E-state index in [4.69, 9.17) is 5.73 Å². The Bertz CT molecular complexity index is 1080. The number of ether oxygens (including phenoxy) is 2. The second-order valence-corrected chi connectivity index (χ2v) is 7.85. The number of Topliss-reactive ketones (excluding diaryl/α,β-unsaturated/α-hetero) is 1. The Balaban J connectivity index is 1.85. The number of ketones is 1. The number of halogens is 6. The summed E-state index contributed by atoms with van der Waals surface area (Å²) in [7, 11) is 0. The van der Waals surface area contributed by atoms with Crippen molar-refractivity contribution in [2.45, 2.75) is 50.4 Å². The normalized spacial score (nSPS) is 22.8. The van der Waals surface area contributed by atoms with Gasteiger partial charge in [0, 0.05) is 18.9 Å². The molecule has 2 heterocycles. The lowest BCUT2D eigenvalue weighted by molar-refractivity contribution is -0.138. The first-order valence-electron chi connectivity index (χ1n) is 9.90. The summed E-state index contributed by atoms with van der Waals surface area (Å²) in [5.74, 6) is -5.38. The smallest absolute Gasteiger partial charge is 0.284 e.